The van der Waals surface area contributed by atoms with Crippen LogP contribution in [0.3, 0.4) is 0 Å². The summed E-state index contributed by atoms with van der Waals surface area (Å²) in [6.07, 6.45) is -1.38. The number of pyridine rings is 1. The largest absolute Gasteiger partial charge is 0.497 e. The molecule has 0 spiro atoms. The quantitative estimate of drug-likeness (QED) is 0.825. The molecule has 0 unspecified atom stereocenters. The lowest BCUT2D eigenvalue weighted by molar-refractivity contribution is -0.137. The number of nitrogens with zero attached hydrogens (tertiary/aromatic N) is 2. The second-order valence-electron chi connectivity index (χ2n) is 5.91. The van der Waals surface area contributed by atoms with Crippen molar-refractivity contribution in [1.29, 1.82) is 0 Å². The zero-order chi connectivity index (χ0) is 17.2. The molecule has 6 heteroatoms. The van der Waals surface area contributed by atoms with E-state index in [9.17, 15) is 13.2 Å². The fourth-order valence-corrected chi connectivity index (χ4v) is 3.19. The van der Waals surface area contributed by atoms with E-state index in [4.69, 9.17) is 4.74 Å². The lowest BCUT2D eigenvalue weighted by atomic mass is 9.89. The van der Waals surface area contributed by atoms with Crippen molar-refractivity contribution >= 4 is 5.82 Å². The number of ether oxygens (including phenoxy) is 1. The Kier molecular flexibility index (Phi) is 4.64. The van der Waals surface area contributed by atoms with Crippen molar-refractivity contribution < 1.29 is 17.9 Å². The maximum Gasteiger partial charge on any atom is 0.419 e. The molecule has 2 heterocycles. The summed E-state index contributed by atoms with van der Waals surface area (Å²) in [7, 11) is 1.63. The van der Waals surface area contributed by atoms with E-state index >= 15 is 0 Å². The molecule has 1 aromatic carbocycles. The number of aromatic nitrogens is 1. The smallest absolute Gasteiger partial charge is 0.419 e. The Morgan fingerprint density at radius 1 is 1.12 bits per heavy atom. The molecule has 1 aromatic heterocycles. The van der Waals surface area contributed by atoms with E-state index < -0.39 is 11.7 Å². The zero-order valence-corrected chi connectivity index (χ0v) is 13.4. The van der Waals surface area contributed by atoms with E-state index in [2.05, 4.69) is 4.98 Å². The fraction of sp³-hybridized carbons (Fsp3) is 0.389. The SMILES string of the molecule is COc1cccc(C2CCN(c3ncccc3C(F)(F)F)CC2)c1. The summed E-state index contributed by atoms with van der Waals surface area (Å²) in [6, 6.07) is 10.3. The molecule has 24 heavy (non-hydrogen) atoms. The molecule has 0 saturated carbocycles. The van der Waals surface area contributed by atoms with Gasteiger partial charge in [-0.1, -0.05) is 12.1 Å². The van der Waals surface area contributed by atoms with Gasteiger partial charge in [-0.25, -0.2) is 4.98 Å². The third-order valence-electron chi connectivity index (χ3n) is 4.45. The highest BCUT2D eigenvalue weighted by Gasteiger charge is 2.36. The lowest BCUT2D eigenvalue weighted by Gasteiger charge is -2.34. The summed E-state index contributed by atoms with van der Waals surface area (Å²) in [5.41, 5.74) is 0.510. The number of halogens is 3. The summed E-state index contributed by atoms with van der Waals surface area (Å²) >= 11 is 0. The second kappa shape index (κ2) is 6.71. The van der Waals surface area contributed by atoms with E-state index in [1.807, 2.05) is 24.3 Å². The topological polar surface area (TPSA) is 25.4 Å². The number of rotatable bonds is 3. The van der Waals surface area contributed by atoms with Crippen molar-refractivity contribution in [2.24, 2.45) is 0 Å². The third-order valence-corrected chi connectivity index (χ3v) is 4.45. The van der Waals surface area contributed by atoms with E-state index in [1.165, 1.54) is 17.8 Å². The van der Waals surface area contributed by atoms with Crippen molar-refractivity contribution in [2.45, 2.75) is 24.9 Å². The van der Waals surface area contributed by atoms with Crippen LogP contribution in [-0.4, -0.2) is 25.2 Å². The highest BCUT2D eigenvalue weighted by Crippen LogP contribution is 2.38. The first kappa shape index (κ1) is 16.6. The Hall–Kier alpha value is -2.24. The first-order chi connectivity index (χ1) is 11.5. The lowest BCUT2D eigenvalue weighted by Crippen LogP contribution is -2.35. The average molecular weight is 336 g/mol. The molecular weight excluding hydrogens is 317 g/mol. The van der Waals surface area contributed by atoms with Gasteiger partial charge in [0.25, 0.3) is 0 Å². The van der Waals surface area contributed by atoms with Crippen LogP contribution < -0.4 is 9.64 Å². The number of hydrogen-bond donors (Lipinski definition) is 0. The monoisotopic (exact) mass is 336 g/mol. The molecule has 0 atom stereocenters. The van der Waals surface area contributed by atoms with Crippen LogP contribution in [-0.2, 0) is 6.18 Å². The Morgan fingerprint density at radius 2 is 1.88 bits per heavy atom. The standard InChI is InChI=1S/C18H19F3N2O/c1-24-15-5-2-4-14(12-15)13-7-10-23(11-8-13)17-16(18(19,20)21)6-3-9-22-17/h2-6,9,12-13H,7-8,10-11H2,1H3. The molecule has 3 rings (SSSR count). The Bertz CT molecular complexity index is 695. The second-order valence-corrected chi connectivity index (χ2v) is 5.91. The fourth-order valence-electron chi connectivity index (χ4n) is 3.19. The van der Waals surface area contributed by atoms with Gasteiger partial charge >= 0.3 is 6.18 Å². The van der Waals surface area contributed by atoms with Crippen LogP contribution in [0, 0.1) is 0 Å². The zero-order valence-electron chi connectivity index (χ0n) is 13.4. The molecule has 1 fully saturated rings. The van der Waals surface area contributed by atoms with Crippen molar-refractivity contribution in [3.8, 4) is 5.75 Å². The molecule has 0 bridgehead atoms. The molecule has 128 valence electrons. The number of hydrogen-bond acceptors (Lipinski definition) is 3. The van der Waals surface area contributed by atoms with Gasteiger partial charge < -0.3 is 9.64 Å². The van der Waals surface area contributed by atoms with Crippen LogP contribution in [0.1, 0.15) is 29.9 Å². The van der Waals surface area contributed by atoms with E-state index in [0.29, 0.717) is 19.0 Å². The Balaban J connectivity index is 1.74. The van der Waals surface area contributed by atoms with Crippen molar-refractivity contribution in [2.75, 3.05) is 25.1 Å². The highest BCUT2D eigenvalue weighted by molar-refractivity contribution is 5.49. The molecule has 2 aromatic rings. The Morgan fingerprint density at radius 3 is 2.54 bits per heavy atom. The van der Waals surface area contributed by atoms with Gasteiger partial charge in [0.1, 0.15) is 11.6 Å². The van der Waals surface area contributed by atoms with Crippen LogP contribution in [0.5, 0.6) is 5.75 Å². The maximum atomic E-state index is 13.1. The number of methoxy groups -OCH3 is 1. The number of benzene rings is 1. The van der Waals surface area contributed by atoms with Crippen LogP contribution >= 0.6 is 0 Å². The molecule has 3 nitrogen and oxygen atoms in total. The van der Waals surface area contributed by atoms with Crippen LogP contribution in [0.15, 0.2) is 42.6 Å². The highest BCUT2D eigenvalue weighted by atomic mass is 19.4. The summed E-state index contributed by atoms with van der Waals surface area (Å²) < 4.78 is 44.7. The normalized spacial score (nSPS) is 16.2. The minimum Gasteiger partial charge on any atom is -0.497 e. The van der Waals surface area contributed by atoms with Crippen molar-refractivity contribution in [3.05, 3.63) is 53.7 Å². The molecule has 1 aliphatic rings. The van der Waals surface area contributed by atoms with Gasteiger partial charge in [0.2, 0.25) is 0 Å². The van der Waals surface area contributed by atoms with E-state index in [0.717, 1.165) is 24.7 Å². The molecule has 0 N–H and O–H groups in total. The minimum absolute atomic E-state index is 0.0362. The molecule has 0 radical (unpaired) electrons. The van der Waals surface area contributed by atoms with Crippen LogP contribution in [0.25, 0.3) is 0 Å². The van der Waals surface area contributed by atoms with Gasteiger partial charge in [0.15, 0.2) is 0 Å². The van der Waals surface area contributed by atoms with Crippen molar-refractivity contribution in [1.82, 2.24) is 4.98 Å². The van der Waals surface area contributed by atoms with E-state index in [-0.39, 0.29) is 5.82 Å². The average Bonchev–Trinajstić information content (AvgIpc) is 2.61. The Labute approximate surface area is 139 Å². The van der Waals surface area contributed by atoms with Crippen molar-refractivity contribution in [3.63, 3.8) is 0 Å². The first-order valence-corrected chi connectivity index (χ1v) is 7.90. The molecule has 1 saturated heterocycles. The predicted molar refractivity (Wildman–Crippen MR) is 86.4 cm³/mol. The van der Waals surface area contributed by atoms with Gasteiger partial charge in [0.05, 0.1) is 12.7 Å². The van der Waals surface area contributed by atoms with Gasteiger partial charge in [-0.15, -0.1) is 0 Å². The molecular formula is C18H19F3N2O. The summed E-state index contributed by atoms with van der Waals surface area (Å²) in [6.45, 7) is 1.12. The maximum absolute atomic E-state index is 13.1. The van der Waals surface area contributed by atoms with Crippen LogP contribution in [0.4, 0.5) is 19.0 Å². The van der Waals surface area contributed by atoms with E-state index in [1.54, 1.807) is 12.0 Å². The van der Waals surface area contributed by atoms with Crippen LogP contribution in [0.2, 0.25) is 0 Å². The summed E-state index contributed by atoms with van der Waals surface area (Å²) in [5.74, 6) is 1.17. The molecule has 0 amide bonds. The van der Waals surface area contributed by atoms with Gasteiger partial charge in [-0.05, 0) is 48.6 Å². The summed E-state index contributed by atoms with van der Waals surface area (Å²) in [5, 5.41) is 0. The molecule has 0 aliphatic carbocycles. The first-order valence-electron chi connectivity index (χ1n) is 7.90. The van der Waals surface area contributed by atoms with Gasteiger partial charge in [-0.2, -0.15) is 13.2 Å². The number of piperidine rings is 1. The predicted octanol–water partition coefficient (Wildman–Crippen LogP) is 4.49. The number of anilines is 1. The van der Waals surface area contributed by atoms with Gasteiger partial charge in [0, 0.05) is 19.3 Å². The van der Waals surface area contributed by atoms with Gasteiger partial charge in [-0.3, -0.25) is 0 Å². The minimum atomic E-state index is -4.38. The summed E-state index contributed by atoms with van der Waals surface area (Å²) in [4.78, 5) is 5.72. The number of alkyl halides is 3. The molecule has 1 aliphatic heterocycles. The third kappa shape index (κ3) is 3.47.